The zero-order valence-electron chi connectivity index (χ0n) is 27.7. The molecule has 252 valence electrons. The summed E-state index contributed by atoms with van der Waals surface area (Å²) in [6.45, 7) is 7.35. The number of carboxylic acid groups (broad SMARTS) is 1. The first kappa shape index (κ1) is 36.0. The summed E-state index contributed by atoms with van der Waals surface area (Å²) in [5.41, 5.74) is 3.61. The maximum Gasteiger partial charge on any atom is 0.358 e. The Labute approximate surface area is 288 Å². The van der Waals surface area contributed by atoms with Crippen LogP contribution >= 0.6 is 15.9 Å². The molecule has 0 unspecified atom stereocenters. The van der Waals surface area contributed by atoms with Crippen LogP contribution in [-0.4, -0.2) is 59.2 Å². The number of oxazole rings is 2. The van der Waals surface area contributed by atoms with Crippen LogP contribution in [0, 0.1) is 6.92 Å². The fourth-order valence-electron chi connectivity index (χ4n) is 4.74. The van der Waals surface area contributed by atoms with Crippen LogP contribution in [0.4, 0.5) is 11.5 Å². The van der Waals surface area contributed by atoms with E-state index in [2.05, 4.69) is 36.2 Å². The molecule has 0 bridgehead atoms. The highest BCUT2D eigenvalue weighted by molar-refractivity contribution is 9.10. The predicted molar refractivity (Wildman–Crippen MR) is 189 cm³/mol. The number of anilines is 2. The van der Waals surface area contributed by atoms with E-state index >= 15 is 0 Å². The highest BCUT2D eigenvalue weighted by Crippen LogP contribution is 2.30. The van der Waals surface area contributed by atoms with E-state index in [-0.39, 0.29) is 11.6 Å². The Kier molecular flexibility index (Phi) is 13.0. The van der Waals surface area contributed by atoms with Crippen LogP contribution in [0.1, 0.15) is 64.7 Å². The van der Waals surface area contributed by atoms with Gasteiger partial charge in [-0.2, -0.15) is 0 Å². The first-order chi connectivity index (χ1) is 23.2. The van der Waals surface area contributed by atoms with E-state index in [1.54, 1.807) is 13.3 Å². The van der Waals surface area contributed by atoms with Crippen LogP contribution in [0.15, 0.2) is 80.2 Å². The molecule has 11 nitrogen and oxygen atoms in total. The molecule has 1 amide bonds. The molecule has 3 aromatic heterocycles. The van der Waals surface area contributed by atoms with Crippen LogP contribution in [0.5, 0.6) is 0 Å². The highest BCUT2D eigenvalue weighted by atomic mass is 79.9. The monoisotopic (exact) mass is 717 g/mol. The molecule has 0 saturated heterocycles. The summed E-state index contributed by atoms with van der Waals surface area (Å²) in [5, 5.41) is 12.0. The number of halogens is 1. The fraction of sp³-hybridized carbons (Fsp3) is 0.306. The molecule has 0 fully saturated rings. The molecule has 0 atom stereocenters. The lowest BCUT2D eigenvalue weighted by molar-refractivity contribution is 0.0688. The average molecular weight is 719 g/mol. The molecule has 0 spiro atoms. The van der Waals surface area contributed by atoms with Crippen molar-refractivity contribution in [1.82, 2.24) is 15.0 Å². The van der Waals surface area contributed by atoms with Crippen molar-refractivity contribution in [2.45, 2.75) is 46.5 Å². The fourth-order valence-corrected chi connectivity index (χ4v) is 5.19. The second-order valence-corrected chi connectivity index (χ2v) is 11.8. The van der Waals surface area contributed by atoms with Gasteiger partial charge in [-0.05, 0) is 71.6 Å². The topological polar surface area (TPSA) is 144 Å². The lowest BCUT2D eigenvalue weighted by atomic mass is 10.1. The zero-order valence-corrected chi connectivity index (χ0v) is 29.3. The summed E-state index contributed by atoms with van der Waals surface area (Å²) < 4.78 is 17.4. The smallest absolute Gasteiger partial charge is 0.358 e. The standard InChI is InChI=1S/C23H28N4O3.C13H12BrNO3/c1-5-8-19-21(26-23(30-19)18-10-7-6-9-16(18)2)22(28)25-17-11-12-20(24-15-17)27(3)13-14-29-4;1-2-5-10-11(13(16)17)15-12(18-10)8-6-3-4-7-9(8)14/h6-7,9-12,15H,5,8,13-14H2,1-4H3,(H,25,28);3-4,6-7H,2,5H2,1H3,(H,16,17). The highest BCUT2D eigenvalue weighted by Gasteiger charge is 2.22. The maximum absolute atomic E-state index is 12.9. The number of aryl methyl sites for hydroxylation is 3. The van der Waals surface area contributed by atoms with Crippen molar-refractivity contribution in [3.8, 4) is 22.9 Å². The molecule has 0 radical (unpaired) electrons. The Hall–Kier alpha value is -4.81. The van der Waals surface area contributed by atoms with Crippen LogP contribution in [-0.2, 0) is 17.6 Å². The van der Waals surface area contributed by atoms with Gasteiger partial charge in [-0.3, -0.25) is 4.79 Å². The van der Waals surface area contributed by atoms with Crippen LogP contribution in [0.3, 0.4) is 0 Å². The molecule has 2 aromatic carbocycles. The Bertz CT molecular complexity index is 1820. The van der Waals surface area contributed by atoms with Crippen LogP contribution in [0.2, 0.25) is 0 Å². The Balaban J connectivity index is 0.000000246. The third-order valence-electron chi connectivity index (χ3n) is 7.27. The number of hydrogen-bond donors (Lipinski definition) is 2. The minimum Gasteiger partial charge on any atom is -0.476 e. The Morgan fingerprint density at radius 2 is 1.50 bits per heavy atom. The number of methoxy groups -OCH3 is 1. The van der Waals surface area contributed by atoms with Gasteiger partial charge in [0.05, 0.1) is 24.1 Å². The second kappa shape index (κ2) is 17.4. The summed E-state index contributed by atoms with van der Waals surface area (Å²) in [4.78, 5) is 39.0. The first-order valence-corrected chi connectivity index (χ1v) is 16.5. The molecule has 2 N–H and O–H groups in total. The number of carbonyl (C=O) groups excluding carboxylic acids is 1. The number of nitrogens with zero attached hydrogens (tertiary/aromatic N) is 4. The zero-order chi connectivity index (χ0) is 34.6. The maximum atomic E-state index is 12.9. The van der Waals surface area contributed by atoms with Gasteiger partial charge in [0.15, 0.2) is 11.4 Å². The predicted octanol–water partition coefficient (Wildman–Crippen LogP) is 8.09. The van der Waals surface area contributed by atoms with Gasteiger partial charge in [-0.1, -0.05) is 44.2 Å². The van der Waals surface area contributed by atoms with Gasteiger partial charge in [0, 0.05) is 43.6 Å². The van der Waals surface area contributed by atoms with E-state index in [9.17, 15) is 9.59 Å². The van der Waals surface area contributed by atoms with E-state index < -0.39 is 5.97 Å². The quantitative estimate of drug-likeness (QED) is 0.123. The third kappa shape index (κ3) is 9.17. The molecule has 5 rings (SSSR count). The summed E-state index contributed by atoms with van der Waals surface area (Å²) in [6.07, 6.45) is 4.51. The number of rotatable bonds is 13. The van der Waals surface area contributed by atoms with Crippen LogP contribution in [0.25, 0.3) is 22.9 Å². The second-order valence-electron chi connectivity index (χ2n) is 11.0. The molecule has 0 aliphatic heterocycles. The number of nitrogens with one attached hydrogen (secondary N) is 1. The molecule has 5 aromatic rings. The number of hydrogen-bond acceptors (Lipinski definition) is 9. The van der Waals surface area contributed by atoms with E-state index in [0.717, 1.165) is 46.4 Å². The van der Waals surface area contributed by atoms with Gasteiger partial charge in [0.1, 0.15) is 17.3 Å². The van der Waals surface area contributed by atoms with Crippen molar-refractivity contribution in [1.29, 1.82) is 0 Å². The minimum atomic E-state index is -1.06. The summed E-state index contributed by atoms with van der Waals surface area (Å²) >= 11 is 3.40. The number of amides is 1. The lowest BCUT2D eigenvalue weighted by Gasteiger charge is -2.17. The number of aromatic nitrogens is 3. The normalized spacial score (nSPS) is 10.7. The first-order valence-electron chi connectivity index (χ1n) is 15.7. The summed E-state index contributed by atoms with van der Waals surface area (Å²) in [5.74, 6) is 1.27. The molecule has 3 heterocycles. The number of carboxylic acids is 1. The molecule has 12 heteroatoms. The number of ether oxygens (including phenoxy) is 1. The molecule has 0 saturated carbocycles. The van der Waals surface area contributed by atoms with E-state index in [1.807, 2.05) is 93.4 Å². The van der Waals surface area contributed by atoms with Gasteiger partial charge in [-0.25, -0.2) is 19.7 Å². The van der Waals surface area contributed by atoms with E-state index in [0.29, 0.717) is 54.1 Å². The van der Waals surface area contributed by atoms with E-state index in [4.69, 9.17) is 18.7 Å². The molecular weight excluding hydrogens is 678 g/mol. The Morgan fingerprint density at radius 3 is 2.08 bits per heavy atom. The summed E-state index contributed by atoms with van der Waals surface area (Å²) in [6, 6.07) is 18.9. The van der Waals surface area contributed by atoms with Gasteiger partial charge in [0.2, 0.25) is 11.8 Å². The van der Waals surface area contributed by atoms with Gasteiger partial charge >= 0.3 is 5.97 Å². The number of aromatic carboxylic acids is 1. The van der Waals surface area contributed by atoms with Crippen LogP contribution < -0.4 is 10.2 Å². The SMILES string of the molecule is CCCc1oc(-c2ccccc2Br)nc1C(=O)O.CCCc1oc(-c2ccccc2C)nc1C(=O)Nc1ccc(N(C)CCOC)nc1. The number of pyridine rings is 1. The third-order valence-corrected chi connectivity index (χ3v) is 7.97. The lowest BCUT2D eigenvalue weighted by Crippen LogP contribution is -2.23. The Morgan fingerprint density at radius 1 is 0.896 bits per heavy atom. The minimum absolute atomic E-state index is 0.00241. The number of carbonyl (C=O) groups is 2. The largest absolute Gasteiger partial charge is 0.476 e. The molecular formula is C36H40BrN5O6. The average Bonchev–Trinajstić information content (AvgIpc) is 3.70. The number of benzene rings is 2. The molecule has 48 heavy (non-hydrogen) atoms. The van der Waals surface area contributed by atoms with Crippen molar-refractivity contribution in [2.75, 3.05) is 37.5 Å². The summed E-state index contributed by atoms with van der Waals surface area (Å²) in [7, 11) is 3.61. The molecule has 0 aliphatic rings. The van der Waals surface area contributed by atoms with Crippen molar-refractivity contribution in [3.05, 3.63) is 99.8 Å². The van der Waals surface area contributed by atoms with Crippen molar-refractivity contribution < 1.29 is 28.3 Å². The van der Waals surface area contributed by atoms with Gasteiger partial charge in [0.25, 0.3) is 5.91 Å². The van der Waals surface area contributed by atoms with Crippen molar-refractivity contribution in [3.63, 3.8) is 0 Å². The van der Waals surface area contributed by atoms with Gasteiger partial charge < -0.3 is 28.9 Å². The number of likely N-dealkylation sites (N-methyl/N-ethyl adjacent to an activating group) is 1. The van der Waals surface area contributed by atoms with E-state index in [1.165, 1.54) is 0 Å². The van der Waals surface area contributed by atoms with Gasteiger partial charge in [-0.15, -0.1) is 0 Å². The molecule has 0 aliphatic carbocycles. The van der Waals surface area contributed by atoms with Crippen molar-refractivity contribution in [2.24, 2.45) is 0 Å². The van der Waals surface area contributed by atoms with Crippen molar-refractivity contribution >= 4 is 39.3 Å².